The molecule has 0 fully saturated rings. The maximum absolute atomic E-state index is 9.90. The van der Waals surface area contributed by atoms with E-state index in [1.165, 1.54) is 0 Å². The molecular formula is C12H16O3. The summed E-state index contributed by atoms with van der Waals surface area (Å²) in [5.41, 5.74) is 0.846. The van der Waals surface area contributed by atoms with Crippen LogP contribution in [0.25, 0.3) is 0 Å². The van der Waals surface area contributed by atoms with Crippen LogP contribution < -0.4 is 9.47 Å². The lowest BCUT2D eigenvalue weighted by atomic mass is 10.0. The third-order valence-electron chi connectivity index (χ3n) is 2.53. The van der Waals surface area contributed by atoms with E-state index in [1.54, 1.807) is 0 Å². The van der Waals surface area contributed by atoms with E-state index in [4.69, 9.17) is 9.47 Å². The van der Waals surface area contributed by atoms with Crippen LogP contribution in [0.3, 0.4) is 0 Å². The van der Waals surface area contributed by atoms with E-state index < -0.39 is 6.10 Å². The van der Waals surface area contributed by atoms with E-state index >= 15 is 0 Å². The highest BCUT2D eigenvalue weighted by atomic mass is 16.5. The second-order valence-corrected chi connectivity index (χ2v) is 3.64. The average molecular weight is 208 g/mol. The van der Waals surface area contributed by atoms with Crippen molar-refractivity contribution in [3.63, 3.8) is 0 Å². The van der Waals surface area contributed by atoms with Crippen molar-refractivity contribution >= 4 is 0 Å². The fraction of sp³-hybridized carbons (Fsp3) is 0.500. The summed E-state index contributed by atoms with van der Waals surface area (Å²) in [5, 5.41) is 9.90. The van der Waals surface area contributed by atoms with Crippen molar-refractivity contribution in [2.75, 3.05) is 13.2 Å². The molecule has 1 N–H and O–H groups in total. The van der Waals surface area contributed by atoms with Crippen molar-refractivity contribution in [2.45, 2.75) is 25.9 Å². The van der Waals surface area contributed by atoms with Crippen molar-refractivity contribution in [2.24, 2.45) is 0 Å². The minimum absolute atomic E-state index is 0.428. The summed E-state index contributed by atoms with van der Waals surface area (Å²) in [5.74, 6) is 1.57. The molecule has 3 heteroatoms. The zero-order valence-corrected chi connectivity index (χ0v) is 8.90. The minimum Gasteiger partial charge on any atom is -0.494 e. The van der Waals surface area contributed by atoms with Gasteiger partial charge in [0, 0.05) is 5.56 Å². The van der Waals surface area contributed by atoms with Gasteiger partial charge in [-0.3, -0.25) is 0 Å². The third-order valence-corrected chi connectivity index (χ3v) is 2.53. The highest BCUT2D eigenvalue weighted by Crippen LogP contribution is 2.34. The van der Waals surface area contributed by atoms with Gasteiger partial charge < -0.3 is 14.6 Å². The van der Waals surface area contributed by atoms with Crippen LogP contribution in [0.15, 0.2) is 18.2 Å². The number of benzene rings is 1. The molecule has 0 spiro atoms. The Kier molecular flexibility index (Phi) is 3.11. The first-order valence-electron chi connectivity index (χ1n) is 5.39. The average Bonchev–Trinajstić information content (AvgIpc) is 2.42. The van der Waals surface area contributed by atoms with Gasteiger partial charge in [0.1, 0.15) is 11.5 Å². The van der Waals surface area contributed by atoms with Crippen molar-refractivity contribution in [3.05, 3.63) is 23.8 Å². The third kappa shape index (κ3) is 2.23. The zero-order valence-electron chi connectivity index (χ0n) is 8.90. The van der Waals surface area contributed by atoms with Crippen molar-refractivity contribution in [1.29, 1.82) is 0 Å². The molecule has 1 aromatic rings. The highest BCUT2D eigenvalue weighted by molar-refractivity contribution is 5.42. The molecule has 0 aromatic heterocycles. The Balaban J connectivity index is 2.31. The second kappa shape index (κ2) is 4.53. The molecule has 0 saturated heterocycles. The number of hydrogen-bond acceptors (Lipinski definition) is 3. The smallest absolute Gasteiger partial charge is 0.125 e. The van der Waals surface area contributed by atoms with Gasteiger partial charge in [-0.15, -0.1) is 0 Å². The first-order valence-corrected chi connectivity index (χ1v) is 5.39. The molecule has 1 aliphatic heterocycles. The lowest BCUT2D eigenvalue weighted by Gasteiger charge is -2.12. The highest BCUT2D eigenvalue weighted by Gasteiger charge is 2.17. The molecule has 82 valence electrons. The van der Waals surface area contributed by atoms with Gasteiger partial charge in [-0.25, -0.2) is 0 Å². The van der Waals surface area contributed by atoms with Crippen LogP contribution in [0.2, 0.25) is 0 Å². The molecule has 1 heterocycles. The Morgan fingerprint density at radius 1 is 1.53 bits per heavy atom. The summed E-state index contributed by atoms with van der Waals surface area (Å²) in [6.45, 7) is 3.26. The molecular weight excluding hydrogens is 192 g/mol. The van der Waals surface area contributed by atoms with Crippen LogP contribution >= 0.6 is 0 Å². The molecule has 0 unspecified atom stereocenters. The van der Waals surface area contributed by atoms with Gasteiger partial charge in [0.05, 0.1) is 19.3 Å². The van der Waals surface area contributed by atoms with Gasteiger partial charge in [-0.05, 0) is 38.0 Å². The fourth-order valence-electron chi connectivity index (χ4n) is 1.79. The predicted octanol–water partition coefficient (Wildman–Crippen LogP) is 2.29. The summed E-state index contributed by atoms with van der Waals surface area (Å²) < 4.78 is 10.9. The predicted molar refractivity (Wildman–Crippen MR) is 57.3 cm³/mol. The first kappa shape index (κ1) is 10.3. The van der Waals surface area contributed by atoms with Crippen molar-refractivity contribution in [1.82, 2.24) is 0 Å². The second-order valence-electron chi connectivity index (χ2n) is 3.64. The van der Waals surface area contributed by atoms with E-state index in [1.807, 2.05) is 25.1 Å². The minimum atomic E-state index is -0.428. The summed E-state index contributed by atoms with van der Waals surface area (Å²) in [6, 6.07) is 5.62. The first-order chi connectivity index (χ1) is 7.31. The van der Waals surface area contributed by atoms with Crippen LogP contribution in [-0.4, -0.2) is 18.3 Å². The number of ether oxygens (including phenoxy) is 2. The Labute approximate surface area is 89.6 Å². The molecule has 0 amide bonds. The Bertz CT molecular complexity index is 336. The van der Waals surface area contributed by atoms with Gasteiger partial charge in [0.15, 0.2) is 0 Å². The molecule has 1 aromatic carbocycles. The van der Waals surface area contributed by atoms with E-state index in [2.05, 4.69) is 0 Å². The number of rotatable bonds is 2. The van der Waals surface area contributed by atoms with Crippen molar-refractivity contribution < 1.29 is 14.6 Å². The van der Waals surface area contributed by atoms with Gasteiger partial charge in [-0.1, -0.05) is 0 Å². The van der Waals surface area contributed by atoms with Crippen LogP contribution in [0.5, 0.6) is 11.5 Å². The quantitative estimate of drug-likeness (QED) is 0.810. The summed E-state index contributed by atoms with van der Waals surface area (Å²) in [7, 11) is 0. The van der Waals surface area contributed by atoms with Gasteiger partial charge in [-0.2, -0.15) is 0 Å². The normalized spacial score (nSPS) is 20.0. The topological polar surface area (TPSA) is 38.7 Å². The van der Waals surface area contributed by atoms with Gasteiger partial charge >= 0.3 is 0 Å². The lowest BCUT2D eigenvalue weighted by Crippen LogP contribution is -1.98. The number of fused-ring (bicyclic) bond motifs is 1. The van der Waals surface area contributed by atoms with Crippen LogP contribution in [0.4, 0.5) is 0 Å². The molecule has 15 heavy (non-hydrogen) atoms. The molecule has 2 rings (SSSR count). The van der Waals surface area contributed by atoms with E-state index in [0.717, 1.165) is 29.9 Å². The fourth-order valence-corrected chi connectivity index (χ4v) is 1.79. The van der Waals surface area contributed by atoms with E-state index in [-0.39, 0.29) is 0 Å². The van der Waals surface area contributed by atoms with Crippen LogP contribution in [0.1, 0.15) is 31.4 Å². The maximum Gasteiger partial charge on any atom is 0.125 e. The largest absolute Gasteiger partial charge is 0.494 e. The monoisotopic (exact) mass is 208 g/mol. The number of aliphatic hydroxyl groups is 1. The molecule has 1 aliphatic rings. The molecule has 0 saturated carbocycles. The number of aliphatic hydroxyl groups excluding tert-OH is 1. The van der Waals surface area contributed by atoms with Gasteiger partial charge in [0.2, 0.25) is 0 Å². The maximum atomic E-state index is 9.90. The van der Waals surface area contributed by atoms with Crippen LogP contribution in [-0.2, 0) is 0 Å². The Hall–Kier alpha value is -1.22. The Morgan fingerprint density at radius 2 is 2.40 bits per heavy atom. The molecule has 3 nitrogen and oxygen atoms in total. The molecule has 0 bridgehead atoms. The SMILES string of the molecule is CCOc1ccc2c(c1)[C@H](O)CCCO2. The van der Waals surface area contributed by atoms with Gasteiger partial charge in [0.25, 0.3) is 0 Å². The van der Waals surface area contributed by atoms with E-state index in [9.17, 15) is 5.11 Å². The molecule has 0 radical (unpaired) electrons. The summed E-state index contributed by atoms with van der Waals surface area (Å²) in [4.78, 5) is 0. The standard InChI is InChI=1S/C12H16O3/c1-2-14-9-5-6-12-10(8-9)11(13)4-3-7-15-12/h5-6,8,11,13H,2-4,7H2,1H3/t11-/m1/s1. The van der Waals surface area contributed by atoms with Crippen molar-refractivity contribution in [3.8, 4) is 11.5 Å². The molecule has 0 aliphatic carbocycles. The van der Waals surface area contributed by atoms with E-state index in [0.29, 0.717) is 13.2 Å². The number of hydrogen-bond donors (Lipinski definition) is 1. The summed E-state index contributed by atoms with van der Waals surface area (Å²) in [6.07, 6.45) is 1.21. The lowest BCUT2D eigenvalue weighted by molar-refractivity contribution is 0.167. The summed E-state index contributed by atoms with van der Waals surface area (Å²) >= 11 is 0. The molecule has 1 atom stereocenters. The van der Waals surface area contributed by atoms with Crippen LogP contribution in [0, 0.1) is 0 Å². The Morgan fingerprint density at radius 3 is 3.20 bits per heavy atom. The zero-order chi connectivity index (χ0) is 10.7.